The van der Waals surface area contributed by atoms with E-state index < -0.39 is 11.5 Å². The molecule has 224 valence electrons. The number of carbonyl (C=O) groups is 1. The highest BCUT2D eigenvalue weighted by Crippen LogP contribution is 2.46. The Balaban J connectivity index is 0.000000442. The van der Waals surface area contributed by atoms with Crippen molar-refractivity contribution in [3.63, 3.8) is 0 Å². The Bertz CT molecular complexity index is 1580. The molecular weight excluding hydrogens is 584 g/mol. The van der Waals surface area contributed by atoms with Crippen LogP contribution in [-0.4, -0.2) is 90.4 Å². The van der Waals surface area contributed by atoms with Gasteiger partial charge in [0.25, 0.3) is 0 Å². The van der Waals surface area contributed by atoms with Crippen LogP contribution in [0.3, 0.4) is 0 Å². The van der Waals surface area contributed by atoms with E-state index in [1.54, 1.807) is 11.0 Å². The largest absolute Gasteiger partial charge is 0.489 e. The van der Waals surface area contributed by atoms with Crippen LogP contribution in [0.4, 0.5) is 10.2 Å². The summed E-state index contributed by atoms with van der Waals surface area (Å²) in [5.41, 5.74) is 0.611. The third kappa shape index (κ3) is 5.86. The Morgan fingerprint density at radius 3 is 2.50 bits per heavy atom. The van der Waals surface area contributed by atoms with E-state index >= 15 is 0 Å². The van der Waals surface area contributed by atoms with Crippen LogP contribution in [0.1, 0.15) is 13.8 Å². The molecule has 12 heteroatoms. The molecular formula is C30H34Cl2FN5O4. The minimum absolute atomic E-state index is 0.128. The van der Waals surface area contributed by atoms with Crippen molar-refractivity contribution in [1.82, 2.24) is 19.4 Å². The van der Waals surface area contributed by atoms with Crippen molar-refractivity contribution in [2.24, 2.45) is 0 Å². The number of amides is 1. The van der Waals surface area contributed by atoms with Crippen molar-refractivity contribution in [1.29, 1.82) is 0 Å². The van der Waals surface area contributed by atoms with E-state index in [0.717, 1.165) is 26.3 Å². The summed E-state index contributed by atoms with van der Waals surface area (Å²) < 4.78 is 27.5. The molecule has 2 aromatic carbocycles. The third-order valence-electron chi connectivity index (χ3n) is 7.86. The second-order valence-electron chi connectivity index (χ2n) is 10.8. The predicted molar refractivity (Wildman–Crippen MR) is 163 cm³/mol. The van der Waals surface area contributed by atoms with E-state index in [1.165, 1.54) is 28.8 Å². The number of halogens is 3. The molecule has 0 spiro atoms. The lowest BCUT2D eigenvalue weighted by molar-refractivity contribution is -0.128. The van der Waals surface area contributed by atoms with Crippen molar-refractivity contribution in [2.75, 3.05) is 57.9 Å². The molecule has 3 aliphatic rings. The molecule has 2 saturated heterocycles. The van der Waals surface area contributed by atoms with Crippen LogP contribution >= 0.6 is 23.2 Å². The number of anilines is 1. The average molecular weight is 619 g/mol. The third-order valence-corrected chi connectivity index (χ3v) is 8.39. The summed E-state index contributed by atoms with van der Waals surface area (Å²) in [7, 11) is 2.11. The summed E-state index contributed by atoms with van der Waals surface area (Å²) in [6, 6.07) is 5.65. The fourth-order valence-corrected chi connectivity index (χ4v) is 6.08. The maximum atomic E-state index is 14.8. The van der Waals surface area contributed by atoms with E-state index in [2.05, 4.69) is 23.5 Å². The molecule has 3 aromatic rings. The molecule has 1 amide bonds. The molecule has 1 unspecified atom stereocenters. The first-order valence-corrected chi connectivity index (χ1v) is 14.7. The lowest BCUT2D eigenvalue weighted by Crippen LogP contribution is -2.58. The Morgan fingerprint density at radius 1 is 1.10 bits per heavy atom. The van der Waals surface area contributed by atoms with Crippen LogP contribution in [0.5, 0.6) is 5.75 Å². The molecule has 4 heterocycles. The fraction of sp³-hybridized carbons (Fsp3) is 0.433. The number of rotatable bonds is 3. The van der Waals surface area contributed by atoms with Gasteiger partial charge < -0.3 is 24.2 Å². The Hall–Kier alpha value is -3.18. The Morgan fingerprint density at radius 2 is 1.83 bits per heavy atom. The Labute approximate surface area is 254 Å². The van der Waals surface area contributed by atoms with Gasteiger partial charge in [0.15, 0.2) is 5.75 Å². The lowest BCUT2D eigenvalue weighted by Gasteiger charge is -2.44. The first-order valence-electron chi connectivity index (χ1n) is 13.9. The minimum Gasteiger partial charge on any atom is -0.489 e. The number of nitrogens with zero attached hydrogens (tertiary/aromatic N) is 5. The maximum absolute atomic E-state index is 14.8. The van der Waals surface area contributed by atoms with Crippen molar-refractivity contribution in [3.05, 3.63) is 63.3 Å². The van der Waals surface area contributed by atoms with Crippen LogP contribution in [-0.2, 0) is 16.1 Å². The first kappa shape index (κ1) is 30.3. The zero-order chi connectivity index (χ0) is 30.1. The van der Waals surface area contributed by atoms with Crippen LogP contribution in [0.2, 0.25) is 10.0 Å². The molecule has 0 radical (unpaired) electrons. The Kier molecular flexibility index (Phi) is 9.08. The van der Waals surface area contributed by atoms with E-state index in [1.807, 2.05) is 18.7 Å². The van der Waals surface area contributed by atoms with Crippen molar-refractivity contribution >= 4 is 45.8 Å². The quantitative estimate of drug-likeness (QED) is 0.401. The molecule has 0 aliphatic carbocycles. The molecule has 0 saturated carbocycles. The summed E-state index contributed by atoms with van der Waals surface area (Å²) >= 11 is 12.9. The number of likely N-dealkylation sites (N-methyl/N-ethyl adjacent to an activating group) is 1. The smallest absolute Gasteiger partial charge is 0.350 e. The molecule has 2 atom stereocenters. The van der Waals surface area contributed by atoms with Gasteiger partial charge in [-0.2, -0.15) is 4.98 Å². The number of ether oxygens (including phenoxy) is 2. The summed E-state index contributed by atoms with van der Waals surface area (Å²) in [6.07, 6.45) is 1.31. The summed E-state index contributed by atoms with van der Waals surface area (Å²) in [6.45, 7) is 12.9. The van der Waals surface area contributed by atoms with E-state index in [4.69, 9.17) is 32.7 Å². The molecule has 42 heavy (non-hydrogen) atoms. The predicted octanol–water partition coefficient (Wildman–Crippen LogP) is 4.46. The first-order chi connectivity index (χ1) is 20.1. The topological polar surface area (TPSA) is 80.1 Å². The zero-order valence-electron chi connectivity index (χ0n) is 23.9. The number of piperazine rings is 1. The monoisotopic (exact) mass is 617 g/mol. The lowest BCUT2D eigenvalue weighted by atomic mass is 10.00. The maximum Gasteiger partial charge on any atom is 0.350 e. The highest BCUT2D eigenvalue weighted by atomic mass is 35.5. The van der Waals surface area contributed by atoms with Gasteiger partial charge in [0, 0.05) is 59.8 Å². The van der Waals surface area contributed by atoms with Crippen molar-refractivity contribution < 1.29 is 18.7 Å². The van der Waals surface area contributed by atoms with Crippen LogP contribution < -0.4 is 15.3 Å². The van der Waals surface area contributed by atoms with Gasteiger partial charge in [-0.3, -0.25) is 9.36 Å². The number of hydrogen-bond acceptors (Lipinski definition) is 7. The van der Waals surface area contributed by atoms with Gasteiger partial charge in [0.05, 0.1) is 30.3 Å². The number of aromatic nitrogens is 2. The summed E-state index contributed by atoms with van der Waals surface area (Å²) in [5, 5.41) is 1.23. The van der Waals surface area contributed by atoms with E-state index in [-0.39, 0.29) is 35.2 Å². The van der Waals surface area contributed by atoms with Crippen molar-refractivity contribution in [2.45, 2.75) is 32.5 Å². The van der Waals surface area contributed by atoms with Gasteiger partial charge in [0.1, 0.15) is 18.2 Å². The second kappa shape index (κ2) is 12.6. The van der Waals surface area contributed by atoms with E-state index in [9.17, 15) is 14.0 Å². The van der Waals surface area contributed by atoms with Crippen LogP contribution in [0, 0.1) is 5.82 Å². The van der Waals surface area contributed by atoms with Gasteiger partial charge in [0.2, 0.25) is 5.91 Å². The molecule has 0 N–H and O–H groups in total. The molecule has 2 fully saturated rings. The SMILES string of the molecule is C=CC(=O)N1CC(C)N(c2nc(=O)n3c4c(c(-c5cc(Cl)ccc5F)c(Cl)cc24)OCC3)C[C@H]1C.CN1CCOCC1. The molecule has 3 aliphatic heterocycles. The minimum atomic E-state index is -0.505. The zero-order valence-corrected chi connectivity index (χ0v) is 25.4. The number of morpholine rings is 1. The average Bonchev–Trinajstić information content (AvgIpc) is 2.97. The molecule has 1 aromatic heterocycles. The summed E-state index contributed by atoms with van der Waals surface area (Å²) in [5.74, 6) is 0.133. The highest BCUT2D eigenvalue weighted by molar-refractivity contribution is 6.35. The normalized spacial score (nSPS) is 20.5. The molecule has 0 bridgehead atoms. The van der Waals surface area contributed by atoms with Gasteiger partial charge in [-0.1, -0.05) is 29.8 Å². The van der Waals surface area contributed by atoms with Crippen LogP contribution in [0.15, 0.2) is 41.7 Å². The summed E-state index contributed by atoms with van der Waals surface area (Å²) in [4.78, 5) is 35.9. The number of hydrogen-bond donors (Lipinski definition) is 0. The van der Waals surface area contributed by atoms with Gasteiger partial charge in [-0.05, 0) is 51.2 Å². The standard InChI is InChI=1S/C25H23Cl2FN4O3.C5H11NO/c1-4-20(33)31-11-14(3)32(12-13(31)2)24-17-10-18(27)21(16-9-15(26)5-6-19(16)28)23-22(17)30(7-8-35-23)25(34)29-24;1-6-2-4-7-5-3-6/h4-6,9-10,13-14H,1,7-8,11-12H2,2-3H3;2-5H2,1H3/t13-,14?;/m1./s1. The van der Waals surface area contributed by atoms with Gasteiger partial charge in [-0.15, -0.1) is 0 Å². The number of benzene rings is 2. The van der Waals surface area contributed by atoms with Crippen LogP contribution in [0.25, 0.3) is 22.0 Å². The highest BCUT2D eigenvalue weighted by Gasteiger charge is 2.34. The van der Waals surface area contributed by atoms with Gasteiger partial charge in [-0.25, -0.2) is 9.18 Å². The van der Waals surface area contributed by atoms with Gasteiger partial charge >= 0.3 is 5.69 Å². The van der Waals surface area contributed by atoms with E-state index in [0.29, 0.717) is 52.7 Å². The molecule has 6 rings (SSSR count). The molecule has 9 nitrogen and oxygen atoms in total. The van der Waals surface area contributed by atoms with Crippen molar-refractivity contribution in [3.8, 4) is 16.9 Å². The second-order valence-corrected chi connectivity index (χ2v) is 11.6. The number of carbonyl (C=O) groups excluding carboxylic acids is 1. The fourth-order valence-electron chi connectivity index (χ4n) is 5.61.